The second-order valence-corrected chi connectivity index (χ2v) is 16.0. The molecule has 2 aliphatic rings. The highest BCUT2D eigenvalue weighted by molar-refractivity contribution is 7.13. The molecule has 2 amide bonds. The van der Waals surface area contributed by atoms with Crippen molar-refractivity contribution in [2.24, 2.45) is 0 Å². The SMILES string of the molecule is Cc1nsc2[nH]cc(C(=O)Nc3cc(O)c(C4CCCC4)cc3C(F)(F)F)c(=O)c12.Cc1nsc2[nH]cc(C(=O)Nc3ccc(N4CC[C@@H](F)C4)cc3C(F)(F)F)c(=O)c12. The van der Waals surface area contributed by atoms with Crippen LogP contribution in [0.15, 0.2) is 52.3 Å². The van der Waals surface area contributed by atoms with Crippen molar-refractivity contribution in [3.05, 3.63) is 102 Å². The number of phenolic OH excluding ortho intramolecular Hbond substituents is 1. The number of carbonyl (C=O) groups excluding carboxylic acids is 2. The zero-order chi connectivity index (χ0) is 43.3. The zero-order valence-corrected chi connectivity index (χ0v) is 33.2. The average molecular weight is 878 g/mol. The topological polar surface area (TPSA) is 173 Å². The number of alkyl halides is 7. The van der Waals surface area contributed by atoms with Gasteiger partial charge in [0.15, 0.2) is 0 Å². The molecule has 60 heavy (non-hydrogen) atoms. The Bertz CT molecular complexity index is 2750. The minimum atomic E-state index is -4.75. The minimum Gasteiger partial charge on any atom is -0.508 e. The molecule has 1 aliphatic carbocycles. The lowest BCUT2D eigenvalue weighted by molar-refractivity contribution is -0.137. The van der Waals surface area contributed by atoms with E-state index in [4.69, 9.17) is 0 Å². The van der Waals surface area contributed by atoms with Gasteiger partial charge in [-0.1, -0.05) is 12.8 Å². The van der Waals surface area contributed by atoms with E-state index in [9.17, 15) is 55.0 Å². The van der Waals surface area contributed by atoms with Crippen LogP contribution in [0.4, 0.5) is 47.8 Å². The van der Waals surface area contributed by atoms with Gasteiger partial charge in [-0.25, -0.2) is 4.39 Å². The number of anilines is 3. The number of aryl methyl sites for hydroxylation is 2. The number of aromatic hydroxyl groups is 1. The van der Waals surface area contributed by atoms with Crippen LogP contribution >= 0.6 is 23.1 Å². The molecule has 0 radical (unpaired) electrons. The number of phenols is 1. The van der Waals surface area contributed by atoms with Gasteiger partial charge < -0.3 is 30.6 Å². The number of aromatic amines is 2. The summed E-state index contributed by atoms with van der Waals surface area (Å²) in [5.41, 5.74) is -3.75. The van der Waals surface area contributed by atoms with E-state index in [1.54, 1.807) is 13.8 Å². The number of nitrogens with zero attached hydrogens (tertiary/aromatic N) is 3. The Kier molecular flexibility index (Phi) is 11.5. The van der Waals surface area contributed by atoms with Gasteiger partial charge in [-0.3, -0.25) is 19.2 Å². The van der Waals surface area contributed by atoms with E-state index in [0.29, 0.717) is 40.4 Å². The molecule has 4 aromatic heterocycles. The highest BCUT2D eigenvalue weighted by Gasteiger charge is 2.38. The number of H-pyrrole nitrogens is 2. The van der Waals surface area contributed by atoms with Crippen LogP contribution in [0.25, 0.3) is 20.4 Å². The average Bonchev–Trinajstić information content (AvgIpc) is 4.01. The van der Waals surface area contributed by atoms with Gasteiger partial charge in [-0.15, -0.1) is 0 Å². The molecular weight excluding hydrogens is 844 g/mol. The van der Waals surface area contributed by atoms with Crippen LogP contribution in [0.5, 0.6) is 5.75 Å². The largest absolute Gasteiger partial charge is 0.508 e. The first kappa shape index (κ1) is 42.3. The number of rotatable bonds is 6. The predicted molar refractivity (Wildman–Crippen MR) is 213 cm³/mol. The van der Waals surface area contributed by atoms with Crippen LogP contribution in [0.2, 0.25) is 0 Å². The third-order valence-electron chi connectivity index (χ3n) is 10.4. The standard InChI is InChI=1S/C20H18F3N3O3S.C19H16F4N4O2S/c1-9-16-17(28)12(8-24-19(16)30-26-9)18(29)25-14-7-15(27)11(10-4-2-3-5-10)6-13(14)20(21,22)23;1-9-15-16(28)12(7-24-18(15)30-26-9)17(29)25-14-3-2-11(6-13(14)19(21,22)23)27-5-4-10(20)8-27/h6-8,10,27H,2-5H2,1H3,(H,24,28)(H,25,29);2-3,6-7,10H,4-5,8H2,1H3,(H,24,28)(H,25,29)/t;10-/m.1/s1. The molecule has 1 aliphatic heterocycles. The number of pyridine rings is 2. The quantitative estimate of drug-likeness (QED) is 0.103. The van der Waals surface area contributed by atoms with Crippen LogP contribution < -0.4 is 26.4 Å². The summed E-state index contributed by atoms with van der Waals surface area (Å²) < 4.78 is 103. The molecule has 0 unspecified atom stereocenters. The summed E-state index contributed by atoms with van der Waals surface area (Å²) in [4.78, 5) is 58.5. The molecule has 1 saturated heterocycles. The van der Waals surface area contributed by atoms with E-state index in [1.165, 1.54) is 11.0 Å². The molecule has 5 N–H and O–H groups in total. The van der Waals surface area contributed by atoms with Crippen LogP contribution in [0, 0.1) is 13.8 Å². The molecule has 0 bridgehead atoms. The second-order valence-electron chi connectivity index (χ2n) is 14.4. The van der Waals surface area contributed by atoms with Gasteiger partial charge in [0, 0.05) is 37.2 Å². The Morgan fingerprint density at radius 1 is 0.783 bits per heavy atom. The van der Waals surface area contributed by atoms with E-state index in [-0.39, 0.29) is 57.8 Å². The van der Waals surface area contributed by atoms with Gasteiger partial charge in [0.2, 0.25) is 10.9 Å². The lowest BCUT2D eigenvalue weighted by atomic mass is 9.94. The fraction of sp³-hybridized carbons (Fsp3) is 0.333. The smallest absolute Gasteiger partial charge is 0.418 e. The van der Waals surface area contributed by atoms with Crippen molar-refractivity contribution < 1.29 is 45.4 Å². The molecule has 21 heteroatoms. The number of halogens is 7. The molecule has 1 saturated carbocycles. The monoisotopic (exact) mass is 877 g/mol. The van der Waals surface area contributed by atoms with Crippen LogP contribution in [0.1, 0.15) is 86.8 Å². The molecule has 12 nitrogen and oxygen atoms in total. The molecule has 8 rings (SSSR count). The molecular formula is C39H34F7N7O5S2. The van der Waals surface area contributed by atoms with Crippen molar-refractivity contribution in [1.29, 1.82) is 0 Å². The summed E-state index contributed by atoms with van der Waals surface area (Å²) in [7, 11) is 0. The lowest BCUT2D eigenvalue weighted by Gasteiger charge is -2.21. The molecule has 2 aromatic carbocycles. The summed E-state index contributed by atoms with van der Waals surface area (Å²) in [6.45, 7) is 3.55. The summed E-state index contributed by atoms with van der Waals surface area (Å²) in [5, 5.41) is 15.1. The van der Waals surface area contributed by atoms with Crippen LogP contribution in [-0.2, 0) is 12.4 Å². The molecule has 316 valence electrons. The van der Waals surface area contributed by atoms with Gasteiger partial charge >= 0.3 is 12.4 Å². The van der Waals surface area contributed by atoms with E-state index in [2.05, 4.69) is 29.3 Å². The number of nitrogens with one attached hydrogen (secondary N) is 4. The lowest BCUT2D eigenvalue weighted by Crippen LogP contribution is -2.24. The maximum atomic E-state index is 13.7. The summed E-state index contributed by atoms with van der Waals surface area (Å²) in [6, 6.07) is 5.21. The van der Waals surface area contributed by atoms with E-state index < -0.39 is 63.7 Å². The van der Waals surface area contributed by atoms with Crippen LogP contribution in [0.3, 0.4) is 0 Å². The van der Waals surface area contributed by atoms with Crippen molar-refractivity contribution in [1.82, 2.24) is 18.7 Å². The maximum Gasteiger partial charge on any atom is 0.418 e. The zero-order valence-electron chi connectivity index (χ0n) is 31.5. The van der Waals surface area contributed by atoms with E-state index in [1.807, 2.05) is 0 Å². The normalized spacial score (nSPS) is 16.0. The minimum absolute atomic E-state index is 0.0203. The molecule has 6 aromatic rings. The number of hydrogen-bond acceptors (Lipinski definition) is 10. The Balaban J connectivity index is 0.000000181. The predicted octanol–water partition coefficient (Wildman–Crippen LogP) is 9.04. The van der Waals surface area contributed by atoms with Crippen molar-refractivity contribution in [3.8, 4) is 5.75 Å². The first-order valence-corrected chi connectivity index (χ1v) is 20.0. The Morgan fingerprint density at radius 3 is 1.80 bits per heavy atom. The van der Waals surface area contributed by atoms with Gasteiger partial charge in [0.1, 0.15) is 32.7 Å². The van der Waals surface area contributed by atoms with Crippen molar-refractivity contribution in [2.45, 2.75) is 70.4 Å². The Labute approximate surface area is 342 Å². The number of fused-ring (bicyclic) bond motifs is 2. The second kappa shape index (κ2) is 16.3. The molecule has 1 atom stereocenters. The molecule has 0 spiro atoms. The van der Waals surface area contributed by atoms with E-state index >= 15 is 0 Å². The van der Waals surface area contributed by atoms with E-state index in [0.717, 1.165) is 72.6 Å². The Hall–Kier alpha value is -5.83. The molecule has 5 heterocycles. The van der Waals surface area contributed by atoms with Crippen LogP contribution in [-0.4, -0.2) is 54.9 Å². The summed E-state index contributed by atoms with van der Waals surface area (Å²) >= 11 is 2.11. The first-order valence-electron chi connectivity index (χ1n) is 18.4. The van der Waals surface area contributed by atoms with Crippen molar-refractivity contribution >= 4 is 72.4 Å². The number of aromatic nitrogens is 4. The summed E-state index contributed by atoms with van der Waals surface area (Å²) in [6.07, 6.45) is -4.82. The van der Waals surface area contributed by atoms with Gasteiger partial charge in [0.25, 0.3) is 11.8 Å². The maximum absolute atomic E-state index is 13.7. The highest BCUT2D eigenvalue weighted by Crippen LogP contribution is 2.45. The number of carbonyl (C=O) groups is 2. The Morgan fingerprint density at radius 2 is 1.30 bits per heavy atom. The third-order valence-corrected chi connectivity index (χ3v) is 12.2. The number of amides is 2. The van der Waals surface area contributed by atoms with Crippen molar-refractivity contribution in [3.63, 3.8) is 0 Å². The first-order chi connectivity index (χ1) is 28.3. The van der Waals surface area contributed by atoms with Gasteiger partial charge in [0.05, 0.1) is 44.7 Å². The highest BCUT2D eigenvalue weighted by atomic mass is 32.1. The van der Waals surface area contributed by atoms with Gasteiger partial charge in [-0.2, -0.15) is 35.1 Å². The fourth-order valence-corrected chi connectivity index (χ4v) is 8.92. The number of hydrogen-bond donors (Lipinski definition) is 5. The number of benzene rings is 2. The molecule has 2 fully saturated rings. The summed E-state index contributed by atoms with van der Waals surface area (Å²) in [5.74, 6) is -2.41. The van der Waals surface area contributed by atoms with Crippen molar-refractivity contribution in [2.75, 3.05) is 28.6 Å². The van der Waals surface area contributed by atoms with Gasteiger partial charge in [-0.05, 0) is 91.9 Å². The third kappa shape index (κ3) is 8.45. The fourth-order valence-electron chi connectivity index (χ4n) is 7.40.